The molecule has 4 rings (SSSR count). The predicted octanol–water partition coefficient (Wildman–Crippen LogP) is 2.70. The molecule has 7 nitrogen and oxygen atoms in total. The third kappa shape index (κ3) is 2.80. The highest BCUT2D eigenvalue weighted by Gasteiger charge is 2.57. The molecule has 0 amide bonds. The molecule has 0 saturated heterocycles. The molecule has 144 valence electrons. The standard InChI is InChI=1S/C20H20BrN4O3/c1-13-24(12-14-11-22-7-8-23-14)17-18(25(13,21)9-10-28-2)20(27)16-6-4-3-5-15(16)19(17)26/h3-8,11,13H,9-10,12H2,1-2H3/q+1. The maximum Gasteiger partial charge on any atom is 0.250 e. The van der Waals surface area contributed by atoms with E-state index in [1.807, 2.05) is 11.8 Å². The van der Waals surface area contributed by atoms with Crippen molar-refractivity contribution >= 4 is 27.7 Å². The monoisotopic (exact) mass is 443 g/mol. The van der Waals surface area contributed by atoms with Gasteiger partial charge in [-0.05, 0) is 0 Å². The summed E-state index contributed by atoms with van der Waals surface area (Å²) < 4.78 is 5.41. The normalized spacial score (nSPS) is 23.8. The predicted molar refractivity (Wildman–Crippen MR) is 105 cm³/mol. The van der Waals surface area contributed by atoms with Gasteiger partial charge in [0, 0.05) is 37.6 Å². The zero-order valence-electron chi connectivity index (χ0n) is 15.6. The molecule has 0 fully saturated rings. The average molecular weight is 444 g/mol. The van der Waals surface area contributed by atoms with Gasteiger partial charge < -0.3 is 9.64 Å². The van der Waals surface area contributed by atoms with Gasteiger partial charge in [0.25, 0.3) is 0 Å². The number of carbonyl (C=O) groups is 2. The van der Waals surface area contributed by atoms with E-state index in [-0.39, 0.29) is 21.2 Å². The second kappa shape index (κ2) is 7.20. The van der Waals surface area contributed by atoms with Crippen LogP contribution >= 0.6 is 16.1 Å². The van der Waals surface area contributed by atoms with Crippen LogP contribution in [0.15, 0.2) is 54.3 Å². The number of ether oxygens (including phenoxy) is 1. The Bertz CT molecular complexity index is 978. The Morgan fingerprint density at radius 2 is 1.89 bits per heavy atom. The van der Waals surface area contributed by atoms with Crippen molar-refractivity contribution in [1.29, 1.82) is 0 Å². The number of aromatic nitrogens is 2. The molecule has 28 heavy (non-hydrogen) atoms. The number of halogens is 1. The molecule has 1 aliphatic heterocycles. The third-order valence-corrected chi connectivity index (χ3v) is 6.64. The summed E-state index contributed by atoms with van der Waals surface area (Å²) in [6, 6.07) is 6.98. The van der Waals surface area contributed by atoms with Gasteiger partial charge >= 0.3 is 0 Å². The minimum Gasteiger partial charge on any atom is -0.379 e. The molecule has 8 heteroatoms. The van der Waals surface area contributed by atoms with Crippen molar-refractivity contribution in [3.63, 3.8) is 0 Å². The molecule has 1 aromatic carbocycles. The molecule has 2 heterocycles. The summed E-state index contributed by atoms with van der Waals surface area (Å²) in [4.78, 5) is 37.2. The highest BCUT2D eigenvalue weighted by Crippen LogP contribution is 2.46. The highest BCUT2D eigenvalue weighted by atomic mass is 79.9. The van der Waals surface area contributed by atoms with Gasteiger partial charge in [-0.1, -0.05) is 24.3 Å². The number of Topliss-reactive ketones (excluding diaryl/α,β-unsaturated/α-hetero) is 2. The molecule has 0 saturated carbocycles. The van der Waals surface area contributed by atoms with Crippen LogP contribution in [-0.4, -0.2) is 56.4 Å². The van der Waals surface area contributed by atoms with Crippen molar-refractivity contribution in [2.75, 3.05) is 20.3 Å². The fourth-order valence-electron chi connectivity index (χ4n) is 3.88. The van der Waals surface area contributed by atoms with E-state index in [2.05, 4.69) is 26.1 Å². The number of ketones is 2. The lowest BCUT2D eigenvalue weighted by Gasteiger charge is -2.34. The quantitative estimate of drug-likeness (QED) is 0.661. The first-order chi connectivity index (χ1) is 13.5. The van der Waals surface area contributed by atoms with Crippen LogP contribution in [0.4, 0.5) is 0 Å². The molecular weight excluding hydrogens is 424 g/mol. The molecule has 2 aliphatic rings. The van der Waals surface area contributed by atoms with Crippen molar-refractivity contribution in [3.05, 3.63) is 71.1 Å². The van der Waals surface area contributed by atoms with Crippen LogP contribution in [0, 0.1) is 0 Å². The average Bonchev–Trinajstić information content (AvgIpc) is 2.94. The number of rotatable bonds is 5. The van der Waals surface area contributed by atoms with Crippen molar-refractivity contribution in [1.82, 2.24) is 14.9 Å². The van der Waals surface area contributed by atoms with Crippen molar-refractivity contribution < 1.29 is 17.8 Å². The van der Waals surface area contributed by atoms with Crippen LogP contribution in [0.25, 0.3) is 0 Å². The summed E-state index contributed by atoms with van der Waals surface area (Å²) in [5.74, 6) is -0.274. The molecular formula is C20H20BrN4O3+. The fourth-order valence-corrected chi connectivity index (χ4v) is 4.57. The van der Waals surface area contributed by atoms with Crippen molar-refractivity contribution in [2.45, 2.75) is 19.6 Å². The van der Waals surface area contributed by atoms with E-state index in [1.54, 1.807) is 50.0 Å². The first kappa shape index (κ1) is 18.9. The van der Waals surface area contributed by atoms with E-state index < -0.39 is 0 Å². The van der Waals surface area contributed by atoms with E-state index in [0.717, 1.165) is 5.69 Å². The number of nitrogens with zero attached hydrogens (tertiary/aromatic N) is 4. The zero-order valence-corrected chi connectivity index (χ0v) is 17.2. The minimum absolute atomic E-state index is 0.133. The first-order valence-electron chi connectivity index (χ1n) is 9.00. The van der Waals surface area contributed by atoms with Crippen LogP contribution < -0.4 is 0 Å². The van der Waals surface area contributed by atoms with E-state index in [9.17, 15) is 9.59 Å². The minimum atomic E-state index is -0.204. The van der Waals surface area contributed by atoms with Gasteiger partial charge in [0.1, 0.15) is 6.54 Å². The number of hydrogen-bond donors (Lipinski definition) is 0. The van der Waals surface area contributed by atoms with Gasteiger partial charge in [-0.15, -0.1) is 0 Å². The summed E-state index contributed by atoms with van der Waals surface area (Å²) in [6.45, 7) is 3.32. The summed E-state index contributed by atoms with van der Waals surface area (Å²) >= 11 is 3.78. The highest BCUT2D eigenvalue weighted by molar-refractivity contribution is 9.05. The first-order valence-corrected chi connectivity index (χ1v) is 9.71. The number of hydrogen-bond acceptors (Lipinski definition) is 6. The van der Waals surface area contributed by atoms with Crippen molar-refractivity contribution in [2.24, 2.45) is 0 Å². The molecule has 0 N–H and O–H groups in total. The molecule has 0 spiro atoms. The van der Waals surface area contributed by atoms with Crippen LogP contribution in [0.2, 0.25) is 0 Å². The summed E-state index contributed by atoms with van der Waals surface area (Å²) in [5.41, 5.74) is 2.49. The molecule has 2 unspecified atom stereocenters. The lowest BCUT2D eigenvalue weighted by atomic mass is 9.90. The Balaban J connectivity index is 1.85. The second-order valence-corrected chi connectivity index (χ2v) is 8.11. The molecule has 1 aromatic heterocycles. The van der Waals surface area contributed by atoms with E-state index >= 15 is 0 Å². The largest absolute Gasteiger partial charge is 0.379 e. The van der Waals surface area contributed by atoms with Gasteiger partial charge in [-0.2, -0.15) is 3.51 Å². The Labute approximate surface area is 171 Å². The fraction of sp³-hybridized carbons (Fsp3) is 0.300. The number of carbonyl (C=O) groups excluding carboxylic acids is 2. The van der Waals surface area contributed by atoms with Gasteiger partial charge in [0.05, 0.1) is 25.0 Å². The lowest BCUT2D eigenvalue weighted by molar-refractivity contribution is -0.766. The Morgan fingerprint density at radius 3 is 2.54 bits per heavy atom. The Morgan fingerprint density at radius 1 is 1.18 bits per heavy atom. The van der Waals surface area contributed by atoms with Crippen LogP contribution in [0.5, 0.6) is 0 Å². The smallest absolute Gasteiger partial charge is 0.250 e. The molecule has 0 radical (unpaired) electrons. The maximum absolute atomic E-state index is 13.4. The lowest BCUT2D eigenvalue weighted by Crippen LogP contribution is -2.49. The summed E-state index contributed by atoms with van der Waals surface area (Å²) in [7, 11) is 1.62. The van der Waals surface area contributed by atoms with Crippen LogP contribution in [-0.2, 0) is 11.3 Å². The molecule has 0 bridgehead atoms. The number of benzene rings is 1. The Kier molecular flexibility index (Phi) is 4.86. The van der Waals surface area contributed by atoms with Crippen LogP contribution in [0.1, 0.15) is 33.3 Å². The topological polar surface area (TPSA) is 72.4 Å². The van der Waals surface area contributed by atoms with Crippen molar-refractivity contribution in [3.8, 4) is 0 Å². The number of fused-ring (bicyclic) bond motifs is 1. The number of methoxy groups -OCH3 is 1. The van der Waals surface area contributed by atoms with Crippen LogP contribution in [0.3, 0.4) is 0 Å². The van der Waals surface area contributed by atoms with Gasteiger partial charge in [-0.25, -0.2) is 0 Å². The summed E-state index contributed by atoms with van der Waals surface area (Å²) in [6.07, 6.45) is 4.70. The van der Waals surface area contributed by atoms with E-state index in [0.29, 0.717) is 42.2 Å². The second-order valence-electron chi connectivity index (χ2n) is 6.85. The SMILES string of the molecule is COCC[N+]1(Br)C2=C(C(=O)c3ccccc3C2=O)N(Cc2cnccn2)C1C. The maximum atomic E-state index is 13.4. The molecule has 1 aliphatic carbocycles. The van der Waals surface area contributed by atoms with Gasteiger partial charge in [0.2, 0.25) is 33.4 Å². The molecule has 2 atom stereocenters. The van der Waals surface area contributed by atoms with E-state index in [4.69, 9.17) is 4.74 Å². The number of allylic oxidation sites excluding steroid dienone is 2. The van der Waals surface area contributed by atoms with Gasteiger partial charge in [-0.3, -0.25) is 19.6 Å². The van der Waals surface area contributed by atoms with E-state index in [1.165, 1.54) is 0 Å². The zero-order chi connectivity index (χ0) is 19.9. The Hall–Kier alpha value is -2.42. The number of quaternary nitrogens is 1. The third-order valence-electron chi connectivity index (χ3n) is 5.34. The molecule has 2 aromatic rings. The summed E-state index contributed by atoms with van der Waals surface area (Å²) in [5, 5.41) is 0. The van der Waals surface area contributed by atoms with Gasteiger partial charge in [0.15, 0.2) is 11.9 Å².